The van der Waals surface area contributed by atoms with Gasteiger partial charge in [-0.3, -0.25) is 10.1 Å². The molecule has 1 aromatic heterocycles. The highest BCUT2D eigenvalue weighted by Crippen LogP contribution is 2.27. The van der Waals surface area contributed by atoms with Gasteiger partial charge in [-0.2, -0.15) is 0 Å². The van der Waals surface area contributed by atoms with E-state index < -0.39 is 14.9 Å². The second-order valence-corrected chi connectivity index (χ2v) is 5.94. The number of sulfonamides is 1. The van der Waals surface area contributed by atoms with Gasteiger partial charge in [0.05, 0.1) is 22.2 Å². The molecule has 112 valence electrons. The molecule has 2 aromatic rings. The highest BCUT2D eigenvalue weighted by Gasteiger charge is 2.14. The molecule has 0 amide bonds. The van der Waals surface area contributed by atoms with Crippen LogP contribution in [-0.4, -0.2) is 13.3 Å². The molecule has 3 N–H and O–H groups in total. The van der Waals surface area contributed by atoms with Crippen LogP contribution in [0.15, 0.2) is 39.8 Å². The van der Waals surface area contributed by atoms with Crippen molar-refractivity contribution in [2.75, 3.05) is 5.32 Å². The van der Waals surface area contributed by atoms with E-state index in [0.717, 1.165) is 0 Å². The molecule has 2 rings (SSSR count). The lowest BCUT2D eigenvalue weighted by Gasteiger charge is -2.06. The Kier molecular flexibility index (Phi) is 4.16. The fraction of sp³-hybridized carbons (Fsp3) is 0.0909. The number of nitro groups is 1. The second-order valence-electron chi connectivity index (χ2n) is 4.04. The normalized spacial score (nSPS) is 11.3. The maximum Gasteiger partial charge on any atom is 0.271 e. The van der Waals surface area contributed by atoms with Crippen molar-refractivity contribution in [1.82, 2.24) is 0 Å². The molecule has 0 saturated heterocycles. The summed E-state index contributed by atoms with van der Waals surface area (Å²) in [7, 11) is -3.90. The van der Waals surface area contributed by atoms with Crippen LogP contribution in [0, 0.1) is 10.1 Å². The first-order valence-corrected chi connectivity index (χ1v) is 7.49. The van der Waals surface area contributed by atoms with Gasteiger partial charge in [-0.15, -0.1) is 0 Å². The number of nitro benzene ring substituents is 1. The SMILES string of the molecule is NS(=O)(=O)c1ccc(CNc2cc([N+](=O)[O-])ccc2Cl)o1. The maximum absolute atomic E-state index is 11.1. The van der Waals surface area contributed by atoms with Gasteiger partial charge in [-0.25, -0.2) is 13.6 Å². The molecule has 0 atom stereocenters. The number of halogens is 1. The zero-order valence-electron chi connectivity index (χ0n) is 10.4. The molecule has 0 spiro atoms. The van der Waals surface area contributed by atoms with Crippen molar-refractivity contribution in [1.29, 1.82) is 0 Å². The van der Waals surface area contributed by atoms with Crippen molar-refractivity contribution in [3.8, 4) is 0 Å². The third-order valence-corrected chi connectivity index (χ3v) is 3.64. The number of hydrogen-bond donors (Lipinski definition) is 2. The molecule has 1 heterocycles. The summed E-state index contributed by atoms with van der Waals surface area (Å²) in [6, 6.07) is 6.59. The van der Waals surface area contributed by atoms with Gasteiger partial charge in [-0.1, -0.05) is 11.6 Å². The molecule has 0 fully saturated rings. The number of nitrogens with zero attached hydrogens (tertiary/aromatic N) is 1. The maximum atomic E-state index is 11.1. The van der Waals surface area contributed by atoms with Gasteiger partial charge >= 0.3 is 0 Å². The van der Waals surface area contributed by atoms with Crippen LogP contribution in [0.1, 0.15) is 5.76 Å². The Morgan fingerprint density at radius 1 is 1.33 bits per heavy atom. The Balaban J connectivity index is 2.15. The van der Waals surface area contributed by atoms with Crippen molar-refractivity contribution >= 4 is 33.0 Å². The number of rotatable bonds is 5. The van der Waals surface area contributed by atoms with Crippen LogP contribution in [-0.2, 0) is 16.6 Å². The van der Waals surface area contributed by atoms with E-state index in [1.54, 1.807) is 0 Å². The second kappa shape index (κ2) is 5.72. The fourth-order valence-corrected chi connectivity index (χ4v) is 2.22. The lowest BCUT2D eigenvalue weighted by molar-refractivity contribution is -0.384. The molecular formula is C11H10ClN3O5S. The smallest absolute Gasteiger partial charge is 0.271 e. The predicted molar refractivity (Wildman–Crippen MR) is 75.5 cm³/mol. The first kappa shape index (κ1) is 15.3. The molecule has 0 bridgehead atoms. The Labute approximate surface area is 124 Å². The standard InChI is InChI=1S/C11H10ClN3O5S/c12-9-3-1-7(15(16)17)5-10(9)14-6-8-2-4-11(20-8)21(13,18)19/h1-5,14H,6H2,(H2,13,18,19). The number of anilines is 1. The molecular weight excluding hydrogens is 322 g/mol. The summed E-state index contributed by atoms with van der Waals surface area (Å²) in [5, 5.41) is 18.4. The van der Waals surface area contributed by atoms with Crippen LogP contribution in [0.3, 0.4) is 0 Å². The summed E-state index contributed by atoms with van der Waals surface area (Å²) in [5.74, 6) is 0.293. The monoisotopic (exact) mass is 331 g/mol. The van der Waals surface area contributed by atoms with E-state index in [2.05, 4.69) is 5.32 Å². The molecule has 8 nitrogen and oxygen atoms in total. The number of furan rings is 1. The molecule has 0 aliphatic carbocycles. The zero-order chi connectivity index (χ0) is 15.6. The van der Waals surface area contributed by atoms with E-state index in [4.69, 9.17) is 21.2 Å². The first-order chi connectivity index (χ1) is 9.77. The number of non-ortho nitro benzene ring substituents is 1. The van der Waals surface area contributed by atoms with Gasteiger partial charge < -0.3 is 9.73 Å². The number of primary sulfonamides is 1. The first-order valence-electron chi connectivity index (χ1n) is 5.56. The Bertz CT molecular complexity index is 787. The molecule has 0 unspecified atom stereocenters. The van der Waals surface area contributed by atoms with Crippen LogP contribution < -0.4 is 10.5 Å². The summed E-state index contributed by atoms with van der Waals surface area (Å²) < 4.78 is 27.2. The zero-order valence-corrected chi connectivity index (χ0v) is 12.0. The Morgan fingerprint density at radius 3 is 2.62 bits per heavy atom. The average molecular weight is 332 g/mol. The fourth-order valence-electron chi connectivity index (χ4n) is 1.55. The van der Waals surface area contributed by atoms with E-state index in [0.29, 0.717) is 16.5 Å². The van der Waals surface area contributed by atoms with Crippen molar-refractivity contribution < 1.29 is 17.8 Å². The van der Waals surface area contributed by atoms with Crippen LogP contribution in [0.5, 0.6) is 0 Å². The van der Waals surface area contributed by atoms with Crippen molar-refractivity contribution in [2.45, 2.75) is 11.6 Å². The average Bonchev–Trinajstić information content (AvgIpc) is 2.86. The minimum atomic E-state index is -3.90. The lowest BCUT2D eigenvalue weighted by atomic mass is 10.2. The quantitative estimate of drug-likeness (QED) is 0.637. The van der Waals surface area contributed by atoms with Crippen molar-refractivity contribution in [2.24, 2.45) is 5.14 Å². The summed E-state index contributed by atoms with van der Waals surface area (Å²) in [5.41, 5.74) is 0.214. The number of benzene rings is 1. The Morgan fingerprint density at radius 2 is 2.05 bits per heavy atom. The van der Waals surface area contributed by atoms with Gasteiger partial charge in [0.1, 0.15) is 5.76 Å². The van der Waals surface area contributed by atoms with E-state index >= 15 is 0 Å². The summed E-state index contributed by atoms with van der Waals surface area (Å²) >= 11 is 5.91. The van der Waals surface area contributed by atoms with Crippen LogP contribution in [0.4, 0.5) is 11.4 Å². The highest BCUT2D eigenvalue weighted by atomic mass is 35.5. The van der Waals surface area contributed by atoms with E-state index in [-0.39, 0.29) is 17.3 Å². The summed E-state index contributed by atoms with van der Waals surface area (Å²) in [6.07, 6.45) is 0. The predicted octanol–water partition coefficient (Wildman–Crippen LogP) is 2.10. The molecule has 0 radical (unpaired) electrons. The van der Waals surface area contributed by atoms with Crippen LogP contribution in [0.2, 0.25) is 5.02 Å². The number of hydrogen-bond acceptors (Lipinski definition) is 6. The van der Waals surface area contributed by atoms with E-state index in [1.165, 1.54) is 30.3 Å². The summed E-state index contributed by atoms with van der Waals surface area (Å²) in [4.78, 5) is 10.1. The van der Waals surface area contributed by atoms with Crippen molar-refractivity contribution in [3.05, 3.63) is 51.2 Å². The molecule has 0 saturated carbocycles. The molecule has 21 heavy (non-hydrogen) atoms. The van der Waals surface area contributed by atoms with E-state index in [1.807, 2.05) is 0 Å². The lowest BCUT2D eigenvalue weighted by Crippen LogP contribution is -2.10. The van der Waals surface area contributed by atoms with Gasteiger partial charge in [0.15, 0.2) is 0 Å². The minimum absolute atomic E-state index is 0.0937. The highest BCUT2D eigenvalue weighted by molar-refractivity contribution is 7.89. The molecule has 1 aromatic carbocycles. The van der Waals surface area contributed by atoms with Crippen LogP contribution >= 0.6 is 11.6 Å². The van der Waals surface area contributed by atoms with Gasteiger partial charge in [-0.05, 0) is 18.2 Å². The third-order valence-electron chi connectivity index (χ3n) is 2.53. The number of nitrogens with one attached hydrogen (secondary N) is 1. The third kappa shape index (κ3) is 3.72. The summed E-state index contributed by atoms with van der Waals surface area (Å²) in [6.45, 7) is 0.0937. The largest absolute Gasteiger partial charge is 0.446 e. The van der Waals surface area contributed by atoms with Crippen molar-refractivity contribution in [3.63, 3.8) is 0 Å². The van der Waals surface area contributed by atoms with Gasteiger partial charge in [0.2, 0.25) is 5.09 Å². The topological polar surface area (TPSA) is 128 Å². The minimum Gasteiger partial charge on any atom is -0.446 e. The van der Waals surface area contributed by atoms with E-state index in [9.17, 15) is 18.5 Å². The van der Waals surface area contributed by atoms with Gasteiger partial charge in [0, 0.05) is 12.1 Å². The molecule has 10 heteroatoms. The van der Waals surface area contributed by atoms with Gasteiger partial charge in [0.25, 0.3) is 15.7 Å². The Hall–Kier alpha value is -2.10. The number of nitrogens with two attached hydrogens (primary N) is 1. The van der Waals surface area contributed by atoms with Crippen LogP contribution in [0.25, 0.3) is 0 Å². The molecule has 0 aliphatic rings. The molecule has 0 aliphatic heterocycles.